The Morgan fingerprint density at radius 2 is 2.18 bits per heavy atom. The van der Waals surface area contributed by atoms with Crippen LogP contribution in [0, 0.1) is 0 Å². The van der Waals surface area contributed by atoms with Gasteiger partial charge in [-0.15, -0.1) is 0 Å². The SMILES string of the molecule is O=C1OC(NCO)C(O)C1=O. The van der Waals surface area contributed by atoms with E-state index in [2.05, 4.69) is 10.1 Å². The van der Waals surface area contributed by atoms with Crippen LogP contribution in [0.1, 0.15) is 0 Å². The monoisotopic (exact) mass is 161 g/mol. The lowest BCUT2D eigenvalue weighted by molar-refractivity contribution is -0.149. The first-order valence-electron chi connectivity index (χ1n) is 2.94. The van der Waals surface area contributed by atoms with Crippen LogP contribution in [0.5, 0.6) is 0 Å². The summed E-state index contributed by atoms with van der Waals surface area (Å²) in [5, 5.41) is 19.4. The molecule has 3 N–H and O–H groups in total. The summed E-state index contributed by atoms with van der Waals surface area (Å²) in [6, 6.07) is 0. The molecule has 0 aliphatic carbocycles. The van der Waals surface area contributed by atoms with Gasteiger partial charge in [0.15, 0.2) is 12.3 Å². The third-order valence-electron chi connectivity index (χ3n) is 1.28. The zero-order valence-electron chi connectivity index (χ0n) is 5.48. The first-order chi connectivity index (χ1) is 5.16. The molecule has 1 aliphatic rings. The zero-order chi connectivity index (χ0) is 8.43. The Balaban J connectivity index is 2.59. The molecule has 2 atom stereocenters. The minimum atomic E-state index is -1.50. The number of hydrogen-bond acceptors (Lipinski definition) is 6. The van der Waals surface area contributed by atoms with Crippen LogP contribution in [0.3, 0.4) is 0 Å². The Hall–Kier alpha value is -0.980. The topological polar surface area (TPSA) is 95.9 Å². The minimum absolute atomic E-state index is 0.470. The summed E-state index contributed by atoms with van der Waals surface area (Å²) in [6.07, 6.45) is -2.62. The van der Waals surface area contributed by atoms with E-state index in [0.717, 1.165) is 0 Å². The number of esters is 1. The zero-order valence-corrected chi connectivity index (χ0v) is 5.48. The summed E-state index contributed by atoms with van der Waals surface area (Å²) in [5.41, 5.74) is 0. The Morgan fingerprint density at radius 1 is 1.55 bits per heavy atom. The fraction of sp³-hybridized carbons (Fsp3) is 0.600. The number of ether oxygens (including phenoxy) is 1. The minimum Gasteiger partial charge on any atom is -0.437 e. The fourth-order valence-electron chi connectivity index (χ4n) is 0.739. The number of aliphatic hydroxyl groups is 2. The standard InChI is InChI=1S/C5H7NO5/c7-1-6-4-2(8)3(9)5(10)11-4/h2,4,6-8H,1H2. The first kappa shape index (κ1) is 8.12. The average molecular weight is 161 g/mol. The van der Waals surface area contributed by atoms with Crippen LogP contribution < -0.4 is 5.32 Å². The maximum atomic E-state index is 10.5. The predicted octanol–water partition coefficient (Wildman–Crippen LogP) is -2.66. The van der Waals surface area contributed by atoms with Crippen molar-refractivity contribution < 1.29 is 24.5 Å². The second kappa shape index (κ2) is 2.95. The molecule has 1 aliphatic heterocycles. The van der Waals surface area contributed by atoms with Gasteiger partial charge in [-0.3, -0.25) is 10.1 Å². The summed E-state index contributed by atoms with van der Waals surface area (Å²) in [7, 11) is 0. The highest BCUT2D eigenvalue weighted by Gasteiger charge is 2.41. The number of aliphatic hydroxyl groups excluding tert-OH is 2. The number of ketones is 1. The van der Waals surface area contributed by atoms with E-state index in [0.29, 0.717) is 0 Å². The normalized spacial score (nSPS) is 30.7. The Labute approximate surface area is 61.8 Å². The smallest absolute Gasteiger partial charge is 0.379 e. The van der Waals surface area contributed by atoms with Gasteiger partial charge in [0.2, 0.25) is 0 Å². The van der Waals surface area contributed by atoms with Gasteiger partial charge >= 0.3 is 5.97 Å². The van der Waals surface area contributed by atoms with Gasteiger partial charge in [0.1, 0.15) is 0 Å². The van der Waals surface area contributed by atoms with Crippen LogP contribution in [-0.2, 0) is 14.3 Å². The lowest BCUT2D eigenvalue weighted by atomic mass is 10.2. The molecule has 1 heterocycles. The highest BCUT2D eigenvalue weighted by Crippen LogP contribution is 2.08. The molecule has 0 aromatic carbocycles. The van der Waals surface area contributed by atoms with Crippen molar-refractivity contribution >= 4 is 11.8 Å². The second-order valence-electron chi connectivity index (χ2n) is 2.00. The molecule has 1 fully saturated rings. The third kappa shape index (κ3) is 1.37. The van der Waals surface area contributed by atoms with E-state index in [1.54, 1.807) is 0 Å². The summed E-state index contributed by atoms with van der Waals surface area (Å²) in [6.45, 7) is -0.470. The van der Waals surface area contributed by atoms with Crippen LogP contribution in [0.4, 0.5) is 0 Å². The van der Waals surface area contributed by atoms with Crippen LogP contribution >= 0.6 is 0 Å². The van der Waals surface area contributed by atoms with Gasteiger partial charge in [0.25, 0.3) is 5.78 Å². The van der Waals surface area contributed by atoms with Crippen molar-refractivity contribution in [1.82, 2.24) is 5.32 Å². The molecule has 0 saturated carbocycles. The van der Waals surface area contributed by atoms with Gasteiger partial charge in [-0.2, -0.15) is 0 Å². The van der Waals surface area contributed by atoms with E-state index in [-0.39, 0.29) is 0 Å². The molecule has 6 nitrogen and oxygen atoms in total. The Bertz CT molecular complexity index is 191. The molecule has 0 radical (unpaired) electrons. The second-order valence-corrected chi connectivity index (χ2v) is 2.00. The molecule has 1 rings (SSSR count). The van der Waals surface area contributed by atoms with E-state index in [1.165, 1.54) is 0 Å². The van der Waals surface area contributed by atoms with Crippen molar-refractivity contribution in [2.24, 2.45) is 0 Å². The van der Waals surface area contributed by atoms with E-state index in [4.69, 9.17) is 10.2 Å². The van der Waals surface area contributed by atoms with E-state index in [9.17, 15) is 9.59 Å². The molecular formula is C5H7NO5. The highest BCUT2D eigenvalue weighted by atomic mass is 16.6. The van der Waals surface area contributed by atoms with Crippen molar-refractivity contribution in [3.8, 4) is 0 Å². The molecule has 0 aromatic heterocycles. The molecule has 1 saturated heterocycles. The Kier molecular flexibility index (Phi) is 2.18. The van der Waals surface area contributed by atoms with Crippen molar-refractivity contribution in [3.05, 3.63) is 0 Å². The summed E-state index contributed by atoms with van der Waals surface area (Å²) < 4.78 is 4.32. The maximum Gasteiger partial charge on any atom is 0.379 e. The molecule has 0 amide bonds. The molecule has 0 bridgehead atoms. The highest BCUT2D eigenvalue weighted by molar-refractivity contribution is 6.37. The van der Waals surface area contributed by atoms with Crippen LogP contribution in [0.2, 0.25) is 0 Å². The lowest BCUT2D eigenvalue weighted by Crippen LogP contribution is -2.39. The molecular weight excluding hydrogens is 154 g/mol. The van der Waals surface area contributed by atoms with Gasteiger partial charge in [0.05, 0.1) is 6.73 Å². The number of hydrogen-bond donors (Lipinski definition) is 3. The van der Waals surface area contributed by atoms with Gasteiger partial charge in [-0.1, -0.05) is 0 Å². The van der Waals surface area contributed by atoms with Crippen molar-refractivity contribution in [2.45, 2.75) is 12.3 Å². The van der Waals surface area contributed by atoms with Crippen molar-refractivity contribution in [3.63, 3.8) is 0 Å². The molecule has 6 heteroatoms. The van der Waals surface area contributed by atoms with E-state index < -0.39 is 30.8 Å². The third-order valence-corrected chi connectivity index (χ3v) is 1.28. The predicted molar refractivity (Wildman–Crippen MR) is 31.1 cm³/mol. The van der Waals surface area contributed by atoms with Gasteiger partial charge < -0.3 is 14.9 Å². The molecule has 2 unspecified atom stereocenters. The van der Waals surface area contributed by atoms with Gasteiger partial charge in [-0.05, 0) is 0 Å². The number of Topliss-reactive ketones (excluding diaryl/α,β-unsaturated/α-hetero) is 1. The number of carbonyl (C=O) groups is 2. The van der Waals surface area contributed by atoms with E-state index in [1.807, 2.05) is 0 Å². The average Bonchev–Trinajstić information content (AvgIpc) is 2.19. The van der Waals surface area contributed by atoms with Crippen molar-refractivity contribution in [1.29, 1.82) is 0 Å². The summed E-state index contributed by atoms with van der Waals surface area (Å²) in [5.74, 6) is -2.07. The summed E-state index contributed by atoms with van der Waals surface area (Å²) >= 11 is 0. The number of cyclic esters (lactones) is 1. The maximum absolute atomic E-state index is 10.5. The first-order valence-corrected chi connectivity index (χ1v) is 2.94. The van der Waals surface area contributed by atoms with Crippen LogP contribution in [-0.4, -0.2) is 41.0 Å². The van der Waals surface area contributed by atoms with Crippen LogP contribution in [0.25, 0.3) is 0 Å². The largest absolute Gasteiger partial charge is 0.437 e. The number of rotatable bonds is 2. The number of carbonyl (C=O) groups excluding carboxylic acids is 2. The van der Waals surface area contributed by atoms with Crippen molar-refractivity contribution in [2.75, 3.05) is 6.73 Å². The van der Waals surface area contributed by atoms with Gasteiger partial charge in [0, 0.05) is 0 Å². The molecule has 0 aromatic rings. The molecule has 0 spiro atoms. The number of nitrogens with one attached hydrogen (secondary N) is 1. The molecule has 62 valence electrons. The Morgan fingerprint density at radius 3 is 2.55 bits per heavy atom. The van der Waals surface area contributed by atoms with Gasteiger partial charge in [-0.25, -0.2) is 4.79 Å². The quantitative estimate of drug-likeness (QED) is 0.232. The fourth-order valence-corrected chi connectivity index (χ4v) is 0.739. The van der Waals surface area contributed by atoms with Crippen LogP contribution in [0.15, 0.2) is 0 Å². The molecule has 11 heavy (non-hydrogen) atoms. The lowest BCUT2D eigenvalue weighted by Gasteiger charge is -2.10. The summed E-state index contributed by atoms with van der Waals surface area (Å²) in [4.78, 5) is 21.0. The van der Waals surface area contributed by atoms with E-state index >= 15 is 0 Å².